The first-order valence-corrected chi connectivity index (χ1v) is 6.87. The number of methoxy groups -OCH3 is 1. The Kier molecular flexibility index (Phi) is 3.55. The van der Waals surface area contributed by atoms with Crippen LogP contribution in [0.25, 0.3) is 0 Å². The monoisotopic (exact) mass is 297 g/mol. The van der Waals surface area contributed by atoms with E-state index in [9.17, 15) is 14.7 Å². The Hall–Kier alpha value is -2.82. The van der Waals surface area contributed by atoms with E-state index in [1.807, 2.05) is 24.3 Å². The lowest BCUT2D eigenvalue weighted by Gasteiger charge is -2.16. The minimum atomic E-state index is -1.07. The number of hydrogen-bond donors (Lipinski definition) is 1. The number of hydrogen-bond acceptors (Lipinski definition) is 3. The van der Waals surface area contributed by atoms with Gasteiger partial charge < -0.3 is 14.7 Å². The molecule has 0 unspecified atom stereocenters. The van der Waals surface area contributed by atoms with Crippen LogP contribution < -0.4 is 4.74 Å². The van der Waals surface area contributed by atoms with Crippen molar-refractivity contribution < 1.29 is 19.4 Å². The zero-order valence-corrected chi connectivity index (χ0v) is 12.1. The van der Waals surface area contributed by atoms with Gasteiger partial charge in [0.2, 0.25) is 0 Å². The van der Waals surface area contributed by atoms with Crippen LogP contribution in [0.1, 0.15) is 31.8 Å². The van der Waals surface area contributed by atoms with Crippen molar-refractivity contribution in [1.29, 1.82) is 0 Å². The van der Waals surface area contributed by atoms with E-state index in [0.717, 1.165) is 16.9 Å². The lowest BCUT2D eigenvalue weighted by molar-refractivity contribution is 0.0681. The Balaban J connectivity index is 1.84. The van der Waals surface area contributed by atoms with Crippen molar-refractivity contribution in [1.82, 2.24) is 4.90 Å². The van der Waals surface area contributed by atoms with E-state index in [4.69, 9.17) is 4.74 Å². The highest BCUT2D eigenvalue weighted by atomic mass is 16.5. The van der Waals surface area contributed by atoms with Crippen molar-refractivity contribution in [2.75, 3.05) is 7.11 Å². The molecule has 0 saturated heterocycles. The fourth-order valence-corrected chi connectivity index (χ4v) is 2.68. The summed E-state index contributed by atoms with van der Waals surface area (Å²) in [5.41, 5.74) is 2.11. The predicted molar refractivity (Wildman–Crippen MR) is 80.0 cm³/mol. The predicted octanol–water partition coefficient (Wildman–Crippen LogP) is 2.55. The molecule has 1 heterocycles. The molecule has 112 valence electrons. The van der Waals surface area contributed by atoms with E-state index in [1.54, 1.807) is 24.1 Å². The summed E-state index contributed by atoms with van der Waals surface area (Å²) in [4.78, 5) is 25.4. The molecule has 0 bridgehead atoms. The molecule has 0 saturated carbocycles. The summed E-state index contributed by atoms with van der Waals surface area (Å²) in [5.74, 6) is -0.548. The van der Waals surface area contributed by atoms with Gasteiger partial charge in [0.25, 0.3) is 5.91 Å². The van der Waals surface area contributed by atoms with Crippen LogP contribution >= 0.6 is 0 Å². The summed E-state index contributed by atoms with van der Waals surface area (Å²) in [6.45, 7) is 0.873. The fourth-order valence-electron chi connectivity index (χ4n) is 2.68. The first-order chi connectivity index (χ1) is 10.6. The van der Waals surface area contributed by atoms with Crippen LogP contribution in [0, 0.1) is 0 Å². The average molecular weight is 297 g/mol. The average Bonchev–Trinajstić information content (AvgIpc) is 2.84. The molecule has 2 aromatic carbocycles. The third-order valence-corrected chi connectivity index (χ3v) is 3.78. The van der Waals surface area contributed by atoms with Crippen LogP contribution in [0.5, 0.6) is 5.75 Å². The van der Waals surface area contributed by atoms with E-state index >= 15 is 0 Å². The second kappa shape index (κ2) is 5.52. The van der Waals surface area contributed by atoms with Gasteiger partial charge in [-0.05, 0) is 29.3 Å². The van der Waals surface area contributed by atoms with Gasteiger partial charge in [0.1, 0.15) is 5.75 Å². The maximum Gasteiger partial charge on any atom is 0.336 e. The molecule has 1 amide bonds. The highest BCUT2D eigenvalue weighted by Crippen LogP contribution is 2.27. The summed E-state index contributed by atoms with van der Waals surface area (Å²) >= 11 is 0. The SMILES string of the molecule is COc1ccc(CN2Cc3cccc(C(=O)O)c3C2=O)cc1. The molecule has 0 aliphatic carbocycles. The number of ether oxygens (including phenoxy) is 1. The summed E-state index contributed by atoms with van der Waals surface area (Å²) in [6, 6.07) is 12.4. The van der Waals surface area contributed by atoms with Crippen molar-refractivity contribution in [2.45, 2.75) is 13.1 Å². The minimum Gasteiger partial charge on any atom is -0.497 e. The Morgan fingerprint density at radius 3 is 2.59 bits per heavy atom. The molecular weight excluding hydrogens is 282 g/mol. The van der Waals surface area contributed by atoms with Gasteiger partial charge in [-0.1, -0.05) is 24.3 Å². The van der Waals surface area contributed by atoms with Gasteiger partial charge in [-0.15, -0.1) is 0 Å². The molecule has 1 aliphatic heterocycles. The maximum absolute atomic E-state index is 12.5. The molecular formula is C17H15NO4. The molecule has 1 aliphatic rings. The summed E-state index contributed by atoms with van der Waals surface area (Å²) in [6.07, 6.45) is 0. The first-order valence-electron chi connectivity index (χ1n) is 6.87. The van der Waals surface area contributed by atoms with Crippen LogP contribution in [0.3, 0.4) is 0 Å². The largest absolute Gasteiger partial charge is 0.497 e. The molecule has 0 radical (unpaired) electrons. The Bertz CT molecular complexity index is 737. The molecule has 0 fully saturated rings. The van der Waals surface area contributed by atoms with E-state index in [-0.39, 0.29) is 11.5 Å². The number of nitrogens with zero attached hydrogens (tertiary/aromatic N) is 1. The molecule has 3 rings (SSSR count). The van der Waals surface area contributed by atoms with Crippen LogP contribution in [0.2, 0.25) is 0 Å². The molecule has 2 aromatic rings. The van der Waals surface area contributed by atoms with Gasteiger partial charge >= 0.3 is 5.97 Å². The van der Waals surface area contributed by atoms with Gasteiger partial charge in [0.05, 0.1) is 18.2 Å². The second-order valence-corrected chi connectivity index (χ2v) is 5.15. The number of aromatic carboxylic acids is 1. The zero-order chi connectivity index (χ0) is 15.7. The van der Waals surface area contributed by atoms with E-state index in [1.165, 1.54) is 6.07 Å². The fraction of sp³-hybridized carbons (Fsp3) is 0.176. The number of benzene rings is 2. The number of amides is 1. The van der Waals surface area contributed by atoms with Crippen LogP contribution in [-0.2, 0) is 13.1 Å². The number of carboxylic acid groups (broad SMARTS) is 1. The van der Waals surface area contributed by atoms with Gasteiger partial charge in [-0.25, -0.2) is 4.79 Å². The molecule has 5 heteroatoms. The second-order valence-electron chi connectivity index (χ2n) is 5.15. The summed E-state index contributed by atoms with van der Waals surface area (Å²) in [7, 11) is 1.60. The number of fused-ring (bicyclic) bond motifs is 1. The van der Waals surface area contributed by atoms with Crippen LogP contribution in [0.4, 0.5) is 0 Å². The quantitative estimate of drug-likeness (QED) is 0.941. The topological polar surface area (TPSA) is 66.8 Å². The van der Waals surface area contributed by atoms with Crippen molar-refractivity contribution in [3.05, 3.63) is 64.7 Å². The van der Waals surface area contributed by atoms with Gasteiger partial charge in [-0.3, -0.25) is 4.79 Å². The van der Waals surface area contributed by atoms with Crippen LogP contribution in [-0.4, -0.2) is 29.0 Å². The molecule has 5 nitrogen and oxygen atoms in total. The van der Waals surface area contributed by atoms with Crippen molar-refractivity contribution >= 4 is 11.9 Å². The van der Waals surface area contributed by atoms with Gasteiger partial charge in [0.15, 0.2) is 0 Å². The van der Waals surface area contributed by atoms with Crippen molar-refractivity contribution in [2.24, 2.45) is 0 Å². The van der Waals surface area contributed by atoms with Gasteiger partial charge in [-0.2, -0.15) is 0 Å². The Morgan fingerprint density at radius 2 is 1.95 bits per heavy atom. The molecule has 0 spiro atoms. The highest BCUT2D eigenvalue weighted by Gasteiger charge is 2.31. The zero-order valence-electron chi connectivity index (χ0n) is 12.1. The standard InChI is InChI=1S/C17H15NO4/c1-22-13-7-5-11(6-8-13)9-18-10-12-3-2-4-14(17(20)21)15(12)16(18)19/h2-8H,9-10H2,1H3,(H,20,21). The molecule has 0 atom stereocenters. The third kappa shape index (κ3) is 2.41. The highest BCUT2D eigenvalue weighted by molar-refractivity contribution is 6.07. The normalized spacial score (nSPS) is 13.1. The number of carbonyl (C=O) groups is 2. The maximum atomic E-state index is 12.5. The lowest BCUT2D eigenvalue weighted by atomic mass is 10.0. The third-order valence-electron chi connectivity index (χ3n) is 3.78. The van der Waals surface area contributed by atoms with E-state index < -0.39 is 5.97 Å². The summed E-state index contributed by atoms with van der Waals surface area (Å²) < 4.78 is 5.11. The van der Waals surface area contributed by atoms with Crippen molar-refractivity contribution in [3.8, 4) is 5.75 Å². The lowest BCUT2D eigenvalue weighted by Crippen LogP contribution is -2.24. The van der Waals surface area contributed by atoms with Gasteiger partial charge in [0, 0.05) is 13.1 Å². The molecule has 0 aromatic heterocycles. The number of rotatable bonds is 4. The minimum absolute atomic E-state index is 0.0692. The van der Waals surface area contributed by atoms with Crippen LogP contribution in [0.15, 0.2) is 42.5 Å². The number of carbonyl (C=O) groups excluding carboxylic acids is 1. The Morgan fingerprint density at radius 1 is 1.23 bits per heavy atom. The smallest absolute Gasteiger partial charge is 0.336 e. The van der Waals surface area contributed by atoms with E-state index in [0.29, 0.717) is 18.7 Å². The number of carboxylic acids is 1. The Labute approximate surface area is 127 Å². The summed E-state index contributed by atoms with van der Waals surface area (Å²) in [5, 5.41) is 9.22. The molecule has 22 heavy (non-hydrogen) atoms. The molecule has 1 N–H and O–H groups in total. The van der Waals surface area contributed by atoms with Crippen molar-refractivity contribution in [3.63, 3.8) is 0 Å². The van der Waals surface area contributed by atoms with E-state index in [2.05, 4.69) is 0 Å². The first kappa shape index (κ1) is 14.1.